The first-order chi connectivity index (χ1) is 27.8. The Kier molecular flexibility index (Phi) is 60.4. The molecule has 2 saturated heterocycles. The molecule has 0 aromatic carbocycles. The molecule has 2 rings (SSSR count). The average molecular weight is 1080 g/mol. The third-order valence-corrected chi connectivity index (χ3v) is 11.0. The maximum Gasteiger partial charge on any atom is 1.00 e. The van der Waals surface area contributed by atoms with Crippen molar-refractivity contribution in [1.29, 1.82) is 0 Å². The zero-order valence-electron chi connectivity index (χ0n) is 39.7. The standard InChI is InChI=1S/2C16H34N2.C3H6O.2C2H2F4O3S.2ClH.2K/c2*1-3-4-5-6-7-8-9-10-11-12-13-18-15-14-17(2)16-18;1-3(2)4;2*3-1(4)2(5,6)10(7,8)9;;;;/h2*3-16H2,1-2H3;1-2H3;2*1H,(H,7,8,9);2*1H;;/q;;;;;;;2*+1/p-3. The summed E-state index contributed by atoms with van der Waals surface area (Å²) in [6.45, 7) is 17.8. The van der Waals surface area contributed by atoms with Crippen LogP contribution < -0.4 is 128 Å². The summed E-state index contributed by atoms with van der Waals surface area (Å²) >= 11 is 0. The molecule has 1 N–H and O–H groups in total. The van der Waals surface area contributed by atoms with E-state index in [0.29, 0.717) is 0 Å². The largest absolute Gasteiger partial charge is 1.00 e. The van der Waals surface area contributed by atoms with Gasteiger partial charge in [-0.3, -0.25) is 24.2 Å². The van der Waals surface area contributed by atoms with Gasteiger partial charge in [0.1, 0.15) is 5.78 Å². The van der Waals surface area contributed by atoms with Crippen LogP contribution in [0.1, 0.15) is 156 Å². The molecule has 2 aliphatic rings. The maximum absolute atomic E-state index is 11.5. The minimum Gasteiger partial charge on any atom is -1.00 e. The monoisotopic (exact) mass is 1080 g/mol. The second kappa shape index (κ2) is 47.9. The van der Waals surface area contributed by atoms with Gasteiger partial charge in [-0.25, -0.2) is 26.0 Å². The molecule has 0 aliphatic carbocycles. The van der Waals surface area contributed by atoms with Gasteiger partial charge in [0, 0.05) is 26.2 Å². The van der Waals surface area contributed by atoms with E-state index >= 15 is 0 Å². The molecule has 0 saturated carbocycles. The van der Waals surface area contributed by atoms with Crippen LogP contribution in [0.15, 0.2) is 0 Å². The summed E-state index contributed by atoms with van der Waals surface area (Å²) in [5.41, 5.74) is 0. The number of alkyl halides is 8. The number of hydrogen-bond donors (Lipinski definition) is 1. The number of nitrogens with zero attached hydrogens (tertiary/aromatic N) is 4. The van der Waals surface area contributed by atoms with Gasteiger partial charge in [-0.1, -0.05) is 129 Å². The Hall–Kier alpha value is 2.62. The molecule has 2 fully saturated rings. The van der Waals surface area contributed by atoms with Gasteiger partial charge in [-0.2, -0.15) is 26.0 Å². The van der Waals surface area contributed by atoms with Crippen LogP contribution in [0.25, 0.3) is 0 Å². The molecule has 0 radical (unpaired) electrons. The van der Waals surface area contributed by atoms with Crippen LogP contribution in [0.3, 0.4) is 0 Å². The fourth-order valence-corrected chi connectivity index (χ4v) is 6.27. The average Bonchev–Trinajstić information content (AvgIpc) is 3.76. The molecule has 0 aromatic rings. The van der Waals surface area contributed by atoms with Crippen molar-refractivity contribution in [2.75, 3.05) is 66.7 Å². The number of Topliss-reactive ketones (excluding diaryl/α,β-unsaturated/α-hetero) is 1. The van der Waals surface area contributed by atoms with Crippen LogP contribution in [0.2, 0.25) is 0 Å². The Bertz CT molecular complexity index is 1190. The van der Waals surface area contributed by atoms with Crippen molar-refractivity contribution in [2.45, 2.75) is 179 Å². The third-order valence-electron chi connectivity index (χ3n) is 9.32. The van der Waals surface area contributed by atoms with Crippen molar-refractivity contribution in [1.82, 2.24) is 19.6 Å². The van der Waals surface area contributed by atoms with E-state index in [2.05, 4.69) is 47.5 Å². The molecule has 0 unspecified atom stereocenters. The quantitative estimate of drug-likeness (QED) is 0.0444. The number of halogens is 10. The second-order valence-corrected chi connectivity index (χ2v) is 18.6. The van der Waals surface area contributed by atoms with Gasteiger partial charge in [0.05, 0.1) is 13.3 Å². The minimum absolute atomic E-state index is 0. The molecule has 0 atom stereocenters. The summed E-state index contributed by atoms with van der Waals surface area (Å²) in [4.78, 5) is 19.4. The van der Waals surface area contributed by atoms with Gasteiger partial charge in [-0.05, 0) is 53.9 Å². The molecule has 25 heteroatoms. The van der Waals surface area contributed by atoms with Crippen LogP contribution in [-0.4, -0.2) is 141 Å². The Labute approximate surface area is 479 Å². The Morgan fingerprint density at radius 2 is 0.781 bits per heavy atom. The smallest absolute Gasteiger partial charge is 1.00 e. The number of ketones is 1. The predicted octanol–water partition coefficient (Wildman–Crippen LogP) is -2.04. The zero-order valence-corrected chi connectivity index (χ0v) is 49.1. The Morgan fingerprint density at radius 1 is 0.547 bits per heavy atom. The SMILES string of the molecule is CC(C)=O.CCCCCCCCCCCCN1CCN(C)C1.CCCCCCCCCCCCN1CCN(C)C1.O=S(=O)(O)C(F)(F)C(F)F.O=S(=O)([O-])C(F)(F)C(F)F.[Cl-].[Cl-].[K+].[K+]. The molecule has 2 aliphatic heterocycles. The summed E-state index contributed by atoms with van der Waals surface area (Å²) in [5, 5.41) is -10.8. The van der Waals surface area contributed by atoms with E-state index in [1.54, 1.807) is 0 Å². The van der Waals surface area contributed by atoms with Gasteiger partial charge < -0.3 is 34.2 Å². The first-order valence-electron chi connectivity index (χ1n) is 21.3. The van der Waals surface area contributed by atoms with Gasteiger partial charge in [0.25, 0.3) is 0 Å². The number of carbonyl (C=O) groups excluding carboxylic acids is 1. The van der Waals surface area contributed by atoms with Crippen LogP contribution in [0, 0.1) is 0 Å². The number of hydrogen-bond acceptors (Lipinski definition) is 10. The molecule has 380 valence electrons. The van der Waals surface area contributed by atoms with Crippen LogP contribution in [0.5, 0.6) is 0 Å². The normalized spacial score (nSPS) is 14.8. The fourth-order valence-electron chi connectivity index (χ4n) is 5.82. The first kappa shape index (κ1) is 80.7. The minimum atomic E-state index is -6.23. The first-order valence-corrected chi connectivity index (χ1v) is 24.2. The predicted molar refractivity (Wildman–Crippen MR) is 221 cm³/mol. The van der Waals surface area contributed by atoms with E-state index in [1.807, 2.05) is 0 Å². The summed E-state index contributed by atoms with van der Waals surface area (Å²) in [6.07, 6.45) is 20.0. The van der Waals surface area contributed by atoms with Gasteiger partial charge >= 0.3 is 136 Å². The van der Waals surface area contributed by atoms with Crippen LogP contribution in [0.4, 0.5) is 35.1 Å². The molecule has 0 spiro atoms. The van der Waals surface area contributed by atoms with Crippen molar-refractivity contribution < 1.29 is 193 Å². The summed E-state index contributed by atoms with van der Waals surface area (Å²) < 4.78 is 144. The number of unbranched alkanes of at least 4 members (excludes halogenated alkanes) is 18. The van der Waals surface area contributed by atoms with Crippen LogP contribution in [-0.2, 0) is 25.0 Å². The fraction of sp³-hybridized carbons (Fsp3) is 0.974. The molecule has 64 heavy (non-hydrogen) atoms. The molecular formula is C39H77Cl2F8K2N4O7S2-. The van der Waals surface area contributed by atoms with Crippen molar-refractivity contribution in [3.8, 4) is 0 Å². The molecule has 0 bridgehead atoms. The van der Waals surface area contributed by atoms with Crippen molar-refractivity contribution in [3.05, 3.63) is 0 Å². The van der Waals surface area contributed by atoms with Gasteiger partial charge in [-0.15, -0.1) is 0 Å². The van der Waals surface area contributed by atoms with Gasteiger partial charge in [0.2, 0.25) is 0 Å². The Morgan fingerprint density at radius 3 is 0.922 bits per heavy atom. The third kappa shape index (κ3) is 47.0. The van der Waals surface area contributed by atoms with E-state index < -0.39 is 43.6 Å². The van der Waals surface area contributed by atoms with Crippen molar-refractivity contribution >= 4 is 26.0 Å². The number of likely N-dealkylation sites (N-methyl/N-ethyl adjacent to an activating group) is 2. The van der Waals surface area contributed by atoms with E-state index in [0.717, 1.165) is 0 Å². The van der Waals surface area contributed by atoms with Gasteiger partial charge in [0.15, 0.2) is 10.1 Å². The molecular weight excluding hydrogens is 1000 g/mol. The van der Waals surface area contributed by atoms with Crippen molar-refractivity contribution in [3.63, 3.8) is 0 Å². The Balaban J connectivity index is -0.000000133. The summed E-state index contributed by atoms with van der Waals surface area (Å²) in [7, 11) is -7.78. The molecule has 0 amide bonds. The van der Waals surface area contributed by atoms with E-state index in [4.69, 9.17) is 4.55 Å². The molecule has 0 aromatic heterocycles. The summed E-state index contributed by atoms with van der Waals surface area (Å²) in [5.74, 6) is 0.167. The number of carbonyl (C=O) groups is 1. The number of rotatable bonds is 26. The maximum atomic E-state index is 11.5. The molecule has 2 heterocycles. The topological polar surface area (TPSA) is 142 Å². The summed E-state index contributed by atoms with van der Waals surface area (Å²) in [6, 6.07) is 0. The molecule has 11 nitrogen and oxygen atoms in total. The zero-order chi connectivity index (χ0) is 46.8. The van der Waals surface area contributed by atoms with E-state index in [1.165, 1.54) is 195 Å². The van der Waals surface area contributed by atoms with E-state index in [-0.39, 0.29) is 133 Å². The van der Waals surface area contributed by atoms with E-state index in [9.17, 15) is 61.3 Å². The van der Waals surface area contributed by atoms with Crippen molar-refractivity contribution in [2.24, 2.45) is 0 Å². The van der Waals surface area contributed by atoms with Crippen LogP contribution >= 0.6 is 0 Å². The second-order valence-electron chi connectivity index (χ2n) is 15.6.